The number of benzene rings is 3. The highest BCUT2D eigenvalue weighted by Crippen LogP contribution is 2.47. The number of methoxy groups -OCH3 is 2. The summed E-state index contributed by atoms with van der Waals surface area (Å²) < 4.78 is 71.1. The molecule has 0 radical (unpaired) electrons. The molecule has 0 bridgehead atoms. The van der Waals surface area contributed by atoms with Gasteiger partial charge >= 0.3 is 5.97 Å². The molecule has 0 fully saturated rings. The molecule has 0 atom stereocenters. The van der Waals surface area contributed by atoms with Crippen LogP contribution in [0.2, 0.25) is 0 Å². The van der Waals surface area contributed by atoms with Gasteiger partial charge in [-0.1, -0.05) is 19.9 Å². The summed E-state index contributed by atoms with van der Waals surface area (Å²) in [7, 11) is 2.71. The number of carboxylic acids is 1. The molecule has 3 aromatic carbocycles. The Labute approximate surface area is 209 Å². The van der Waals surface area contributed by atoms with E-state index >= 15 is 4.39 Å². The van der Waals surface area contributed by atoms with Crippen LogP contribution >= 0.6 is 0 Å². The van der Waals surface area contributed by atoms with Crippen molar-refractivity contribution in [2.24, 2.45) is 0 Å². The monoisotopic (exact) mass is 517 g/mol. The maximum absolute atomic E-state index is 15.5. The first-order valence-electron chi connectivity index (χ1n) is 11.0. The number of phenols is 1. The molecule has 194 valence electrons. The zero-order valence-corrected chi connectivity index (χ0v) is 20.3. The minimum absolute atomic E-state index is 0.00817. The first-order chi connectivity index (χ1) is 17.4. The van der Waals surface area contributed by atoms with Crippen molar-refractivity contribution >= 4 is 16.9 Å². The molecule has 0 aliphatic carbocycles. The van der Waals surface area contributed by atoms with Gasteiger partial charge in [0.05, 0.1) is 30.2 Å². The van der Waals surface area contributed by atoms with E-state index in [0.717, 1.165) is 30.3 Å². The van der Waals surface area contributed by atoms with E-state index in [0.29, 0.717) is 0 Å². The fourth-order valence-electron chi connectivity index (χ4n) is 4.66. The number of rotatable bonds is 7. The fraction of sp³-hybridized carbons (Fsp3) is 0.222. The molecule has 2 N–H and O–H groups in total. The summed E-state index contributed by atoms with van der Waals surface area (Å²) in [5.74, 6) is -6.87. The van der Waals surface area contributed by atoms with Crippen LogP contribution in [-0.2, 0) is 10.2 Å². The van der Waals surface area contributed by atoms with E-state index in [1.807, 2.05) is 0 Å². The number of carboxylic acid groups (broad SMARTS) is 1. The Morgan fingerprint density at radius 3 is 2.32 bits per heavy atom. The predicted molar refractivity (Wildman–Crippen MR) is 129 cm³/mol. The standard InChI is InChI=1S/C27H23F4NO5/c1-27(2,12-36-3)25-21(15-6-7-16(26(34)35)24(31)23(15)30)22-18(9-13(28)10-19(22)33)32(25)14-5-8-17(29)20(11-14)37-4/h5-11,33H,12H2,1-4H3,(H,34,35). The molecule has 1 heterocycles. The molecular weight excluding hydrogens is 494 g/mol. The van der Waals surface area contributed by atoms with E-state index in [-0.39, 0.29) is 45.8 Å². The van der Waals surface area contributed by atoms with Gasteiger partial charge < -0.3 is 24.3 Å². The zero-order valence-electron chi connectivity index (χ0n) is 20.3. The molecule has 0 amide bonds. The normalized spacial score (nSPS) is 11.8. The van der Waals surface area contributed by atoms with Crippen molar-refractivity contribution in [3.63, 3.8) is 0 Å². The van der Waals surface area contributed by atoms with Crippen LogP contribution in [0.25, 0.3) is 27.7 Å². The number of hydrogen-bond donors (Lipinski definition) is 2. The topological polar surface area (TPSA) is 80.9 Å². The molecule has 1 aromatic heterocycles. The van der Waals surface area contributed by atoms with Crippen LogP contribution in [0.4, 0.5) is 17.6 Å². The number of aromatic nitrogens is 1. The minimum atomic E-state index is -1.66. The lowest BCUT2D eigenvalue weighted by Gasteiger charge is -2.28. The molecule has 0 aliphatic heterocycles. The van der Waals surface area contributed by atoms with Crippen LogP contribution in [-0.4, -0.2) is 41.6 Å². The Bertz CT molecular complexity index is 1540. The van der Waals surface area contributed by atoms with Gasteiger partial charge in [0.1, 0.15) is 11.6 Å². The first-order valence-corrected chi connectivity index (χ1v) is 11.0. The third kappa shape index (κ3) is 4.27. The molecule has 0 saturated carbocycles. The number of aromatic carboxylic acids is 1. The summed E-state index contributed by atoms with van der Waals surface area (Å²) in [6, 6.07) is 7.79. The quantitative estimate of drug-likeness (QED) is 0.286. The van der Waals surface area contributed by atoms with E-state index in [4.69, 9.17) is 9.47 Å². The van der Waals surface area contributed by atoms with Gasteiger partial charge in [-0.25, -0.2) is 22.4 Å². The molecule has 6 nitrogen and oxygen atoms in total. The number of phenolic OH excluding ortho intramolecular Hbond substituents is 1. The van der Waals surface area contributed by atoms with Crippen molar-refractivity contribution in [2.75, 3.05) is 20.8 Å². The van der Waals surface area contributed by atoms with Gasteiger partial charge in [-0.15, -0.1) is 0 Å². The van der Waals surface area contributed by atoms with E-state index in [9.17, 15) is 28.2 Å². The van der Waals surface area contributed by atoms with Crippen molar-refractivity contribution in [1.82, 2.24) is 4.57 Å². The van der Waals surface area contributed by atoms with Crippen LogP contribution in [0.5, 0.6) is 11.5 Å². The summed E-state index contributed by atoms with van der Waals surface area (Å²) in [5, 5.41) is 20.0. The lowest BCUT2D eigenvalue weighted by Crippen LogP contribution is -2.27. The number of halogens is 4. The average Bonchev–Trinajstić information content (AvgIpc) is 3.17. The van der Waals surface area contributed by atoms with Gasteiger partial charge in [0.2, 0.25) is 0 Å². The Morgan fingerprint density at radius 1 is 1.00 bits per heavy atom. The third-order valence-corrected chi connectivity index (χ3v) is 6.13. The Morgan fingerprint density at radius 2 is 1.70 bits per heavy atom. The highest BCUT2D eigenvalue weighted by Gasteiger charge is 2.35. The highest BCUT2D eigenvalue weighted by atomic mass is 19.2. The van der Waals surface area contributed by atoms with Crippen LogP contribution in [0.1, 0.15) is 29.9 Å². The van der Waals surface area contributed by atoms with E-state index in [1.165, 1.54) is 30.9 Å². The maximum Gasteiger partial charge on any atom is 0.338 e. The highest BCUT2D eigenvalue weighted by molar-refractivity contribution is 6.04. The van der Waals surface area contributed by atoms with Crippen molar-refractivity contribution in [1.29, 1.82) is 0 Å². The second-order valence-electron chi connectivity index (χ2n) is 9.11. The number of carbonyl (C=O) groups is 1. The number of hydrogen-bond acceptors (Lipinski definition) is 4. The minimum Gasteiger partial charge on any atom is -0.507 e. The SMILES string of the molecule is COCC(C)(C)c1c(-c2ccc(C(=O)O)c(F)c2F)c2c(O)cc(F)cc2n1-c1ccc(F)c(OC)c1. The van der Waals surface area contributed by atoms with Crippen LogP contribution in [0, 0.1) is 23.3 Å². The molecule has 37 heavy (non-hydrogen) atoms. The van der Waals surface area contributed by atoms with Crippen LogP contribution in [0.15, 0.2) is 42.5 Å². The first kappa shape index (κ1) is 26.0. The molecule has 10 heteroatoms. The number of aromatic hydroxyl groups is 1. The number of nitrogens with zero attached hydrogens (tertiary/aromatic N) is 1. The summed E-state index contributed by atoms with van der Waals surface area (Å²) in [4.78, 5) is 11.4. The summed E-state index contributed by atoms with van der Waals surface area (Å²) in [6.45, 7) is 3.52. The van der Waals surface area contributed by atoms with Gasteiger partial charge in [-0.05, 0) is 24.3 Å². The lowest BCUT2D eigenvalue weighted by molar-refractivity contribution is 0.0690. The second-order valence-corrected chi connectivity index (χ2v) is 9.11. The maximum atomic E-state index is 15.5. The van der Waals surface area contributed by atoms with Crippen molar-refractivity contribution in [2.45, 2.75) is 19.3 Å². The van der Waals surface area contributed by atoms with Crippen molar-refractivity contribution in [3.8, 4) is 28.3 Å². The van der Waals surface area contributed by atoms with Crippen LogP contribution in [0.3, 0.4) is 0 Å². The summed E-state index contributed by atoms with van der Waals surface area (Å²) in [6.07, 6.45) is 0. The molecule has 4 aromatic rings. The van der Waals surface area contributed by atoms with Gasteiger partial charge in [-0.2, -0.15) is 0 Å². The Balaban J connectivity index is 2.26. The summed E-state index contributed by atoms with van der Waals surface area (Å²) in [5.41, 5.74) is -1.61. The fourth-order valence-corrected chi connectivity index (χ4v) is 4.66. The third-order valence-electron chi connectivity index (χ3n) is 6.13. The van der Waals surface area contributed by atoms with Crippen LogP contribution < -0.4 is 4.74 Å². The lowest BCUT2D eigenvalue weighted by atomic mass is 9.84. The van der Waals surface area contributed by atoms with E-state index in [1.54, 1.807) is 13.8 Å². The molecule has 0 spiro atoms. The molecule has 0 unspecified atom stereocenters. The number of fused-ring (bicyclic) bond motifs is 1. The van der Waals surface area contributed by atoms with Gasteiger partial charge in [0.25, 0.3) is 0 Å². The van der Waals surface area contributed by atoms with E-state index < -0.39 is 46.0 Å². The van der Waals surface area contributed by atoms with Gasteiger partial charge in [0, 0.05) is 47.2 Å². The summed E-state index contributed by atoms with van der Waals surface area (Å²) >= 11 is 0. The van der Waals surface area contributed by atoms with Gasteiger partial charge in [0.15, 0.2) is 23.2 Å². The van der Waals surface area contributed by atoms with Crippen molar-refractivity contribution < 1.29 is 42.0 Å². The zero-order chi connectivity index (χ0) is 27.2. The van der Waals surface area contributed by atoms with Crippen molar-refractivity contribution in [3.05, 3.63) is 77.0 Å². The Hall–Kier alpha value is -4.05. The molecule has 0 saturated heterocycles. The molecule has 4 rings (SSSR count). The second kappa shape index (κ2) is 9.44. The number of ether oxygens (including phenoxy) is 2. The predicted octanol–water partition coefficient (Wildman–Crippen LogP) is 6.19. The Kier molecular flexibility index (Phi) is 6.64. The smallest absolute Gasteiger partial charge is 0.338 e. The largest absolute Gasteiger partial charge is 0.507 e. The average molecular weight is 517 g/mol. The molecular formula is C27H23F4NO5. The van der Waals surface area contributed by atoms with Gasteiger partial charge in [-0.3, -0.25) is 0 Å². The van der Waals surface area contributed by atoms with E-state index in [2.05, 4.69) is 0 Å². The molecule has 0 aliphatic rings.